The fourth-order valence-corrected chi connectivity index (χ4v) is 6.68. The van der Waals surface area contributed by atoms with Gasteiger partial charge in [0.05, 0.1) is 11.1 Å². The Labute approximate surface area is 257 Å². The number of rotatable bonds is 9. The van der Waals surface area contributed by atoms with Crippen LogP contribution in [0, 0.1) is 0 Å². The zero-order chi connectivity index (χ0) is 29.7. The zero-order valence-electron chi connectivity index (χ0n) is 25.3. The van der Waals surface area contributed by atoms with E-state index >= 15 is 0 Å². The molecule has 1 nitrogen and oxygen atoms in total. The van der Waals surface area contributed by atoms with E-state index in [0.717, 1.165) is 18.4 Å². The van der Waals surface area contributed by atoms with E-state index in [9.17, 15) is 0 Å². The molecule has 0 unspecified atom stereocenters. The molecule has 6 rings (SSSR count). The number of allylic oxidation sites excluding steroid dienone is 4. The van der Waals surface area contributed by atoms with Crippen LogP contribution in [0.1, 0.15) is 55.2 Å². The van der Waals surface area contributed by atoms with E-state index in [4.69, 9.17) is 0 Å². The Bertz CT molecular complexity index is 1530. The van der Waals surface area contributed by atoms with Crippen molar-refractivity contribution >= 4 is 11.8 Å². The number of anilines is 1. The first kappa shape index (κ1) is 28.5. The third-order valence-corrected chi connectivity index (χ3v) is 9.31. The van der Waals surface area contributed by atoms with Gasteiger partial charge >= 0.3 is 0 Å². The highest BCUT2D eigenvalue weighted by Crippen LogP contribution is 2.45. The molecule has 0 atom stereocenters. The summed E-state index contributed by atoms with van der Waals surface area (Å²) in [5.41, 5.74) is 6.88. The van der Waals surface area contributed by atoms with Crippen LogP contribution in [0.5, 0.6) is 0 Å². The summed E-state index contributed by atoms with van der Waals surface area (Å²) in [5.74, 6) is 0.558. The lowest BCUT2D eigenvalue weighted by atomic mass is 9.76. The Kier molecular flexibility index (Phi) is 8.16. The lowest BCUT2D eigenvalue weighted by molar-refractivity contribution is 0.431. The fraction of sp³-hybridized carbons (Fsp3) is 0.190. The van der Waals surface area contributed by atoms with Crippen molar-refractivity contribution in [1.82, 2.24) is 0 Å². The Morgan fingerprint density at radius 1 is 0.558 bits per heavy atom. The lowest BCUT2D eigenvalue weighted by Gasteiger charge is -2.53. The van der Waals surface area contributed by atoms with Crippen LogP contribution >= 0.6 is 0 Å². The molecule has 4 aromatic carbocycles. The monoisotopic (exact) mass is 559 g/mol. The third-order valence-electron chi connectivity index (χ3n) is 9.31. The standard InChI is InChI=1S/C42H41N/c1-4-33-17-19-36(20-18-33)37-21-23-40(24-22-37)43(41(5-2)29-25-38(26-30-41)34-13-9-7-10-14-34)42(6-3)31-27-39(28-32-42)35-15-11-8-12-16-35/h4,7-32,38-39H,1,5-6H2,2-3H3. The molecule has 214 valence electrons. The van der Waals surface area contributed by atoms with E-state index in [0.29, 0.717) is 0 Å². The second-order valence-corrected chi connectivity index (χ2v) is 11.7. The van der Waals surface area contributed by atoms with Crippen LogP contribution in [-0.2, 0) is 0 Å². The summed E-state index contributed by atoms with van der Waals surface area (Å²) in [4.78, 5) is 2.66. The molecule has 0 aromatic heterocycles. The van der Waals surface area contributed by atoms with Crippen molar-refractivity contribution in [3.63, 3.8) is 0 Å². The van der Waals surface area contributed by atoms with Gasteiger partial charge in [0.15, 0.2) is 0 Å². The molecule has 0 heterocycles. The predicted octanol–water partition coefficient (Wildman–Crippen LogP) is 10.9. The van der Waals surface area contributed by atoms with Gasteiger partial charge < -0.3 is 4.90 Å². The highest BCUT2D eigenvalue weighted by atomic mass is 15.3. The van der Waals surface area contributed by atoms with Gasteiger partial charge in [-0.1, -0.05) is 172 Å². The molecule has 2 aliphatic carbocycles. The maximum absolute atomic E-state index is 3.90. The zero-order valence-corrected chi connectivity index (χ0v) is 25.3. The maximum atomic E-state index is 3.90. The summed E-state index contributed by atoms with van der Waals surface area (Å²) in [6.07, 6.45) is 23.2. The topological polar surface area (TPSA) is 3.24 Å². The highest BCUT2D eigenvalue weighted by Gasteiger charge is 2.44. The van der Waals surface area contributed by atoms with Gasteiger partial charge in [-0.2, -0.15) is 0 Å². The van der Waals surface area contributed by atoms with Crippen molar-refractivity contribution in [1.29, 1.82) is 0 Å². The molecule has 2 aliphatic rings. The van der Waals surface area contributed by atoms with E-state index in [1.165, 1.54) is 27.9 Å². The van der Waals surface area contributed by atoms with Crippen LogP contribution in [0.25, 0.3) is 17.2 Å². The summed E-state index contributed by atoms with van der Waals surface area (Å²) in [6.45, 7) is 8.52. The largest absolute Gasteiger partial charge is 0.346 e. The summed E-state index contributed by atoms with van der Waals surface area (Å²) in [6, 6.07) is 39.3. The number of benzene rings is 4. The van der Waals surface area contributed by atoms with Crippen LogP contribution in [0.3, 0.4) is 0 Å². The van der Waals surface area contributed by atoms with E-state index in [-0.39, 0.29) is 22.9 Å². The van der Waals surface area contributed by atoms with Gasteiger partial charge in [-0.3, -0.25) is 0 Å². The highest BCUT2D eigenvalue weighted by molar-refractivity contribution is 5.70. The first-order valence-electron chi connectivity index (χ1n) is 15.6. The molecule has 0 saturated carbocycles. The van der Waals surface area contributed by atoms with E-state index in [1.54, 1.807) is 0 Å². The normalized spacial score (nSPS) is 24.1. The molecule has 0 fully saturated rings. The van der Waals surface area contributed by atoms with Gasteiger partial charge in [0, 0.05) is 17.5 Å². The average molecular weight is 560 g/mol. The van der Waals surface area contributed by atoms with Crippen LogP contribution in [-0.4, -0.2) is 11.1 Å². The Balaban J connectivity index is 1.41. The molecule has 0 spiro atoms. The van der Waals surface area contributed by atoms with Crippen molar-refractivity contribution in [3.8, 4) is 11.1 Å². The summed E-state index contributed by atoms with van der Waals surface area (Å²) < 4.78 is 0. The summed E-state index contributed by atoms with van der Waals surface area (Å²) in [7, 11) is 0. The SMILES string of the molecule is C=Cc1ccc(-c2ccc(N(C3(CC)C=CC(c4ccccc4)C=C3)C3(CC)C=CC(c4ccccc4)C=C3)cc2)cc1. The predicted molar refractivity (Wildman–Crippen MR) is 185 cm³/mol. The third kappa shape index (κ3) is 5.60. The molecule has 0 amide bonds. The lowest BCUT2D eigenvalue weighted by Crippen LogP contribution is -2.58. The fourth-order valence-electron chi connectivity index (χ4n) is 6.68. The van der Waals surface area contributed by atoms with Crippen molar-refractivity contribution < 1.29 is 0 Å². The quantitative estimate of drug-likeness (QED) is 0.184. The van der Waals surface area contributed by atoms with Gasteiger partial charge in [0.1, 0.15) is 0 Å². The van der Waals surface area contributed by atoms with E-state index in [2.05, 4.69) is 183 Å². The minimum Gasteiger partial charge on any atom is -0.346 e. The van der Waals surface area contributed by atoms with E-state index < -0.39 is 0 Å². The molecule has 0 bridgehead atoms. The Morgan fingerprint density at radius 3 is 1.33 bits per heavy atom. The maximum Gasteiger partial charge on any atom is 0.0778 e. The first-order valence-corrected chi connectivity index (χ1v) is 15.6. The van der Waals surface area contributed by atoms with Gasteiger partial charge in [0.2, 0.25) is 0 Å². The van der Waals surface area contributed by atoms with Gasteiger partial charge in [-0.05, 0) is 52.8 Å². The average Bonchev–Trinajstić information content (AvgIpc) is 3.10. The molecule has 43 heavy (non-hydrogen) atoms. The number of nitrogens with zero attached hydrogens (tertiary/aromatic N) is 1. The minimum absolute atomic E-state index is 0.275. The van der Waals surface area contributed by atoms with Gasteiger partial charge in [-0.15, -0.1) is 0 Å². The number of hydrogen-bond acceptors (Lipinski definition) is 1. The Hall–Kier alpha value is -4.62. The molecule has 0 aliphatic heterocycles. The molecular formula is C42H41N. The van der Waals surface area contributed by atoms with Crippen LogP contribution in [0.4, 0.5) is 5.69 Å². The van der Waals surface area contributed by atoms with Crippen LogP contribution < -0.4 is 4.90 Å². The number of hydrogen-bond donors (Lipinski definition) is 0. The van der Waals surface area contributed by atoms with Crippen molar-refractivity contribution in [2.75, 3.05) is 4.90 Å². The van der Waals surface area contributed by atoms with Crippen LogP contribution in [0.15, 0.2) is 164 Å². The van der Waals surface area contributed by atoms with Gasteiger partial charge in [-0.25, -0.2) is 0 Å². The molecular weight excluding hydrogens is 518 g/mol. The first-order chi connectivity index (χ1) is 21.1. The van der Waals surface area contributed by atoms with Crippen molar-refractivity contribution in [3.05, 3.63) is 181 Å². The molecule has 0 N–H and O–H groups in total. The molecule has 4 aromatic rings. The minimum atomic E-state index is -0.275. The van der Waals surface area contributed by atoms with Crippen molar-refractivity contribution in [2.45, 2.75) is 49.6 Å². The van der Waals surface area contributed by atoms with Crippen LogP contribution in [0.2, 0.25) is 0 Å². The Morgan fingerprint density at radius 2 is 0.953 bits per heavy atom. The second-order valence-electron chi connectivity index (χ2n) is 11.7. The van der Waals surface area contributed by atoms with Gasteiger partial charge in [0.25, 0.3) is 0 Å². The second kappa shape index (κ2) is 12.3. The molecule has 1 heteroatoms. The summed E-state index contributed by atoms with van der Waals surface area (Å²) in [5, 5.41) is 0. The molecule has 0 radical (unpaired) electrons. The smallest absolute Gasteiger partial charge is 0.0778 e. The molecule has 0 saturated heterocycles. The van der Waals surface area contributed by atoms with Crippen molar-refractivity contribution in [2.24, 2.45) is 0 Å². The van der Waals surface area contributed by atoms with E-state index in [1.807, 2.05) is 6.08 Å². The summed E-state index contributed by atoms with van der Waals surface area (Å²) >= 11 is 0.